The number of H-pyrrole nitrogens is 1. The van der Waals surface area contributed by atoms with E-state index in [0.29, 0.717) is 0 Å². The Morgan fingerprint density at radius 3 is 2.59 bits per heavy atom. The van der Waals surface area contributed by atoms with Crippen molar-refractivity contribution in [2.24, 2.45) is 0 Å². The fourth-order valence-corrected chi connectivity index (χ4v) is 3.87. The predicted molar refractivity (Wildman–Crippen MR) is 86.5 cm³/mol. The Morgan fingerprint density at radius 1 is 1.29 bits per heavy atom. The molecular formula is C12H18I2N2O. The van der Waals surface area contributed by atoms with E-state index in [0.717, 1.165) is 32.7 Å². The van der Waals surface area contributed by atoms with Crippen molar-refractivity contribution >= 4 is 45.2 Å². The van der Waals surface area contributed by atoms with Gasteiger partial charge in [-0.25, -0.2) is 0 Å². The topological polar surface area (TPSA) is 28.3 Å². The number of hydrogen-bond donors (Lipinski definition) is 1. The molecule has 0 saturated carbocycles. The number of rotatable bonds is 4. The summed E-state index contributed by atoms with van der Waals surface area (Å²) >= 11 is 4.83. The summed E-state index contributed by atoms with van der Waals surface area (Å²) in [4.78, 5) is 5.98. The monoisotopic (exact) mass is 460 g/mol. The number of morpholine rings is 1. The van der Waals surface area contributed by atoms with Crippen molar-refractivity contribution in [3.63, 3.8) is 0 Å². The summed E-state index contributed by atoms with van der Waals surface area (Å²) < 4.78 is 8.05. The molecule has 0 amide bonds. The Hall–Kier alpha value is 0.660. The van der Waals surface area contributed by atoms with Crippen LogP contribution in [0.25, 0.3) is 0 Å². The first-order chi connectivity index (χ1) is 8.18. The van der Waals surface area contributed by atoms with E-state index < -0.39 is 0 Å². The predicted octanol–water partition coefficient (Wildman–Crippen LogP) is 2.80. The molecule has 3 nitrogen and oxygen atoms in total. The summed E-state index contributed by atoms with van der Waals surface area (Å²) in [6, 6.07) is 0. The van der Waals surface area contributed by atoms with Crippen LogP contribution in [0.15, 0.2) is 0 Å². The first kappa shape index (κ1) is 14.1. The van der Waals surface area contributed by atoms with Gasteiger partial charge < -0.3 is 9.72 Å². The van der Waals surface area contributed by atoms with Crippen LogP contribution in [0.2, 0.25) is 0 Å². The van der Waals surface area contributed by atoms with Crippen molar-refractivity contribution in [2.45, 2.75) is 19.8 Å². The van der Waals surface area contributed by atoms with Gasteiger partial charge in [0.25, 0.3) is 0 Å². The SMILES string of the molecule is Cc1c(I)[nH]c(CCCN2CCOCC2)c1I. The van der Waals surface area contributed by atoms with Gasteiger partial charge in [0.1, 0.15) is 0 Å². The highest BCUT2D eigenvalue weighted by Crippen LogP contribution is 2.22. The normalized spacial score (nSPS) is 17.6. The van der Waals surface area contributed by atoms with Gasteiger partial charge in [-0.3, -0.25) is 4.90 Å². The Labute approximate surface area is 130 Å². The van der Waals surface area contributed by atoms with E-state index in [1.165, 1.54) is 31.5 Å². The molecule has 0 radical (unpaired) electrons. The Balaban J connectivity index is 1.79. The molecule has 2 rings (SSSR count). The van der Waals surface area contributed by atoms with Crippen LogP contribution in [0.1, 0.15) is 17.7 Å². The molecule has 1 N–H and O–H groups in total. The molecule has 0 aliphatic carbocycles. The summed E-state index contributed by atoms with van der Waals surface area (Å²) in [6.45, 7) is 7.37. The minimum absolute atomic E-state index is 0.900. The smallest absolute Gasteiger partial charge is 0.0814 e. The number of aromatic amines is 1. The average molecular weight is 460 g/mol. The third-order valence-electron chi connectivity index (χ3n) is 3.19. The van der Waals surface area contributed by atoms with Crippen LogP contribution < -0.4 is 0 Å². The fourth-order valence-electron chi connectivity index (χ4n) is 2.08. The number of aromatic nitrogens is 1. The number of ether oxygens (including phenoxy) is 1. The summed E-state index contributed by atoms with van der Waals surface area (Å²) in [5, 5.41) is 0. The summed E-state index contributed by atoms with van der Waals surface area (Å²) in [6.07, 6.45) is 2.38. The van der Waals surface area contributed by atoms with Crippen molar-refractivity contribution < 1.29 is 4.74 Å². The van der Waals surface area contributed by atoms with Crippen LogP contribution >= 0.6 is 45.2 Å². The molecule has 1 aromatic heterocycles. The molecule has 0 bridgehead atoms. The number of nitrogens with one attached hydrogen (secondary N) is 1. The van der Waals surface area contributed by atoms with E-state index in [4.69, 9.17) is 4.74 Å². The minimum Gasteiger partial charge on any atom is -0.379 e. The molecule has 5 heteroatoms. The Bertz CT molecular complexity index is 373. The maximum absolute atomic E-state index is 5.35. The van der Waals surface area contributed by atoms with Crippen molar-refractivity contribution in [1.29, 1.82) is 0 Å². The second kappa shape index (κ2) is 6.72. The quantitative estimate of drug-likeness (QED) is 0.701. The van der Waals surface area contributed by atoms with E-state index in [1.807, 2.05) is 0 Å². The van der Waals surface area contributed by atoms with Crippen LogP contribution in [0, 0.1) is 14.2 Å². The number of aryl methyl sites for hydroxylation is 1. The summed E-state index contributed by atoms with van der Waals surface area (Å²) in [5.74, 6) is 0. The highest BCUT2D eigenvalue weighted by molar-refractivity contribution is 14.1. The van der Waals surface area contributed by atoms with E-state index in [9.17, 15) is 0 Å². The largest absolute Gasteiger partial charge is 0.379 e. The van der Waals surface area contributed by atoms with E-state index in [2.05, 4.69) is 62.0 Å². The van der Waals surface area contributed by atoms with Gasteiger partial charge in [0, 0.05) is 22.4 Å². The zero-order valence-corrected chi connectivity index (χ0v) is 14.4. The third kappa shape index (κ3) is 3.81. The van der Waals surface area contributed by atoms with Crippen molar-refractivity contribution in [2.75, 3.05) is 32.8 Å². The molecule has 1 aliphatic heterocycles. The average Bonchev–Trinajstić information content (AvgIpc) is 2.59. The third-order valence-corrected chi connectivity index (χ3v) is 5.73. The summed E-state index contributed by atoms with van der Waals surface area (Å²) in [7, 11) is 0. The lowest BCUT2D eigenvalue weighted by Gasteiger charge is -2.26. The molecule has 1 saturated heterocycles. The van der Waals surface area contributed by atoms with Gasteiger partial charge in [-0.1, -0.05) is 0 Å². The molecule has 0 aromatic carbocycles. The minimum atomic E-state index is 0.900. The summed E-state index contributed by atoms with van der Waals surface area (Å²) in [5.41, 5.74) is 2.80. The standard InChI is InChI=1S/C12H18I2N2O/c1-9-11(13)10(15-12(9)14)3-2-4-16-5-7-17-8-6-16/h15H,2-8H2,1H3. The molecule has 2 heterocycles. The van der Waals surface area contributed by atoms with Gasteiger partial charge in [0.2, 0.25) is 0 Å². The van der Waals surface area contributed by atoms with Crippen molar-refractivity contribution in [3.8, 4) is 0 Å². The molecule has 96 valence electrons. The number of nitrogens with zero attached hydrogens (tertiary/aromatic N) is 1. The van der Waals surface area contributed by atoms with Crippen molar-refractivity contribution in [1.82, 2.24) is 9.88 Å². The molecule has 1 aliphatic rings. The number of hydrogen-bond acceptors (Lipinski definition) is 2. The van der Waals surface area contributed by atoms with E-state index >= 15 is 0 Å². The first-order valence-corrected chi connectivity index (χ1v) is 8.17. The zero-order valence-electron chi connectivity index (χ0n) is 10.1. The van der Waals surface area contributed by atoms with Gasteiger partial charge in [0.05, 0.1) is 16.9 Å². The fraction of sp³-hybridized carbons (Fsp3) is 0.667. The second-order valence-electron chi connectivity index (χ2n) is 4.41. The van der Waals surface area contributed by atoms with Gasteiger partial charge in [-0.2, -0.15) is 0 Å². The van der Waals surface area contributed by atoms with Crippen LogP contribution in [0.5, 0.6) is 0 Å². The highest BCUT2D eigenvalue weighted by Gasteiger charge is 2.12. The van der Waals surface area contributed by atoms with E-state index in [-0.39, 0.29) is 0 Å². The van der Waals surface area contributed by atoms with Crippen LogP contribution in [0.3, 0.4) is 0 Å². The second-order valence-corrected chi connectivity index (χ2v) is 6.57. The molecule has 17 heavy (non-hydrogen) atoms. The van der Waals surface area contributed by atoms with Crippen LogP contribution in [-0.2, 0) is 11.2 Å². The first-order valence-electron chi connectivity index (χ1n) is 6.01. The number of halogens is 2. The van der Waals surface area contributed by atoms with Crippen molar-refractivity contribution in [3.05, 3.63) is 18.5 Å². The maximum atomic E-state index is 5.35. The molecule has 0 atom stereocenters. The highest BCUT2D eigenvalue weighted by atomic mass is 127. The van der Waals surface area contributed by atoms with Crippen LogP contribution in [-0.4, -0.2) is 42.7 Å². The molecular weight excluding hydrogens is 442 g/mol. The Morgan fingerprint density at radius 2 is 2.00 bits per heavy atom. The van der Waals surface area contributed by atoms with Gasteiger partial charge in [-0.05, 0) is 77.1 Å². The Kier molecular flexibility index (Phi) is 5.56. The van der Waals surface area contributed by atoms with Gasteiger partial charge in [-0.15, -0.1) is 0 Å². The lowest BCUT2D eigenvalue weighted by atomic mass is 10.2. The van der Waals surface area contributed by atoms with Gasteiger partial charge >= 0.3 is 0 Å². The maximum Gasteiger partial charge on any atom is 0.0814 e. The molecule has 0 unspecified atom stereocenters. The molecule has 1 fully saturated rings. The van der Waals surface area contributed by atoms with Crippen LogP contribution in [0.4, 0.5) is 0 Å². The lowest BCUT2D eigenvalue weighted by molar-refractivity contribution is 0.0374. The van der Waals surface area contributed by atoms with E-state index in [1.54, 1.807) is 0 Å². The van der Waals surface area contributed by atoms with Gasteiger partial charge in [0.15, 0.2) is 0 Å². The molecule has 0 spiro atoms. The zero-order chi connectivity index (χ0) is 12.3. The lowest BCUT2D eigenvalue weighted by Crippen LogP contribution is -2.36. The molecule has 1 aromatic rings.